The van der Waals surface area contributed by atoms with Gasteiger partial charge in [-0.1, -0.05) is 19.3 Å². The van der Waals surface area contributed by atoms with E-state index in [9.17, 15) is 46.4 Å². The lowest BCUT2D eigenvalue weighted by atomic mass is 9.71. The molecule has 4 amide bonds. The number of carbonyl (C=O) groups is 4. The number of halogens is 5. The third-order valence-electron chi connectivity index (χ3n) is 8.27. The van der Waals surface area contributed by atoms with Gasteiger partial charge in [0.25, 0.3) is 5.92 Å². The molecular weight excluding hydrogens is 517 g/mol. The van der Waals surface area contributed by atoms with E-state index in [4.69, 9.17) is 0 Å². The third-order valence-corrected chi connectivity index (χ3v) is 8.27. The van der Waals surface area contributed by atoms with Crippen molar-refractivity contribution in [3.05, 3.63) is 0 Å². The molecule has 0 aromatic carbocycles. The van der Waals surface area contributed by atoms with Gasteiger partial charge in [0.2, 0.25) is 17.7 Å². The zero-order valence-corrected chi connectivity index (χ0v) is 20.5. The minimum Gasteiger partial charge on any atom is -0.356 e. The fourth-order valence-electron chi connectivity index (χ4n) is 6.08. The molecule has 2 aliphatic carbocycles. The lowest BCUT2D eigenvalue weighted by Gasteiger charge is -2.54. The van der Waals surface area contributed by atoms with E-state index in [1.165, 1.54) is 0 Å². The molecule has 3 heterocycles. The molecule has 5 fully saturated rings. The van der Waals surface area contributed by atoms with Gasteiger partial charge >= 0.3 is 12.1 Å². The molecule has 0 spiro atoms. The van der Waals surface area contributed by atoms with Crippen LogP contribution in [0.3, 0.4) is 0 Å². The summed E-state index contributed by atoms with van der Waals surface area (Å²) >= 11 is 0. The van der Waals surface area contributed by atoms with Crippen LogP contribution in [0.5, 0.6) is 0 Å². The van der Waals surface area contributed by atoms with E-state index in [1.807, 2.05) is 6.07 Å². The molecule has 3 N–H and O–H groups in total. The molecule has 0 radical (unpaired) electrons. The van der Waals surface area contributed by atoms with E-state index in [0.717, 1.165) is 11.3 Å². The Morgan fingerprint density at radius 3 is 2.34 bits per heavy atom. The van der Waals surface area contributed by atoms with Crippen LogP contribution in [0.4, 0.5) is 22.0 Å². The number of fused-ring (bicyclic) bond motifs is 3. The van der Waals surface area contributed by atoms with Crippen molar-refractivity contribution in [2.24, 2.45) is 17.8 Å². The minimum atomic E-state index is -5.25. The topological polar surface area (TPSA) is 131 Å². The van der Waals surface area contributed by atoms with E-state index < -0.39 is 72.2 Å². The van der Waals surface area contributed by atoms with E-state index in [1.54, 1.807) is 5.32 Å². The second kappa shape index (κ2) is 10.6. The fraction of sp³-hybridized carbons (Fsp3) is 0.792. The highest BCUT2D eigenvalue weighted by Crippen LogP contribution is 2.49. The zero-order valence-electron chi connectivity index (χ0n) is 20.5. The van der Waals surface area contributed by atoms with Crippen molar-refractivity contribution in [2.45, 2.75) is 94.1 Å². The molecular formula is C24H30F5N5O4. The van der Waals surface area contributed by atoms with Crippen LogP contribution in [0.25, 0.3) is 0 Å². The lowest BCUT2D eigenvalue weighted by molar-refractivity contribution is -0.196. The van der Waals surface area contributed by atoms with Crippen molar-refractivity contribution in [3.8, 4) is 6.07 Å². The number of piperidine rings is 2. The summed E-state index contributed by atoms with van der Waals surface area (Å²) in [4.78, 5) is 51.5. The number of rotatable bonds is 8. The number of nitrogens with zero attached hydrogens (tertiary/aromatic N) is 2. The first-order valence-corrected chi connectivity index (χ1v) is 12.9. The average Bonchev–Trinajstić information content (AvgIpc) is 3.21. The second-order valence-corrected chi connectivity index (χ2v) is 10.8. The Morgan fingerprint density at radius 2 is 1.82 bits per heavy atom. The Balaban J connectivity index is 1.58. The Kier molecular flexibility index (Phi) is 7.86. The molecule has 2 bridgehead atoms. The van der Waals surface area contributed by atoms with Gasteiger partial charge in [0.1, 0.15) is 18.1 Å². The highest BCUT2D eigenvalue weighted by atomic mass is 19.4. The average molecular weight is 548 g/mol. The van der Waals surface area contributed by atoms with Crippen LogP contribution in [-0.2, 0) is 19.2 Å². The van der Waals surface area contributed by atoms with Crippen LogP contribution in [0.2, 0.25) is 0 Å². The van der Waals surface area contributed by atoms with Crippen LogP contribution in [0.15, 0.2) is 0 Å². The molecule has 14 heteroatoms. The summed E-state index contributed by atoms with van der Waals surface area (Å²) in [6.45, 7) is 0.405. The number of amides is 4. The number of hydrogen-bond donors (Lipinski definition) is 3. The molecule has 6 atom stereocenters. The summed E-state index contributed by atoms with van der Waals surface area (Å²) in [6.07, 6.45) is -3.56. The molecule has 0 aromatic heterocycles. The Morgan fingerprint density at radius 1 is 1.11 bits per heavy atom. The van der Waals surface area contributed by atoms with Gasteiger partial charge in [-0.2, -0.15) is 18.4 Å². The molecule has 38 heavy (non-hydrogen) atoms. The summed E-state index contributed by atoms with van der Waals surface area (Å²) in [6, 6.07) is -3.83. The van der Waals surface area contributed by atoms with Gasteiger partial charge < -0.3 is 20.9 Å². The van der Waals surface area contributed by atoms with Crippen molar-refractivity contribution in [1.29, 1.82) is 5.26 Å². The summed E-state index contributed by atoms with van der Waals surface area (Å²) in [5, 5.41) is 16.3. The molecule has 3 saturated heterocycles. The van der Waals surface area contributed by atoms with Gasteiger partial charge in [-0.15, -0.1) is 0 Å². The van der Waals surface area contributed by atoms with Crippen molar-refractivity contribution < 1.29 is 41.1 Å². The van der Waals surface area contributed by atoms with Crippen molar-refractivity contribution >= 4 is 23.6 Å². The zero-order chi connectivity index (χ0) is 27.8. The fourth-order valence-corrected chi connectivity index (χ4v) is 6.08. The minimum absolute atomic E-state index is 0.0504. The van der Waals surface area contributed by atoms with Crippen LogP contribution >= 0.6 is 0 Å². The first kappa shape index (κ1) is 28.0. The van der Waals surface area contributed by atoms with Gasteiger partial charge in [0.15, 0.2) is 0 Å². The van der Waals surface area contributed by atoms with Crippen molar-refractivity contribution in [3.63, 3.8) is 0 Å². The second-order valence-electron chi connectivity index (χ2n) is 10.8. The quantitative estimate of drug-likeness (QED) is 0.399. The lowest BCUT2D eigenvalue weighted by Crippen LogP contribution is -2.71. The van der Waals surface area contributed by atoms with E-state index in [0.29, 0.717) is 25.8 Å². The maximum absolute atomic E-state index is 14.9. The third kappa shape index (κ3) is 5.71. The van der Waals surface area contributed by atoms with Crippen molar-refractivity contribution in [2.75, 3.05) is 6.54 Å². The number of hydrogen-bond acceptors (Lipinski definition) is 5. The number of nitrogens with one attached hydrogen (secondary N) is 3. The smallest absolute Gasteiger partial charge is 0.356 e. The Labute approximate surface area is 215 Å². The summed E-state index contributed by atoms with van der Waals surface area (Å²) < 4.78 is 68.9. The van der Waals surface area contributed by atoms with Gasteiger partial charge in [0, 0.05) is 24.9 Å². The van der Waals surface area contributed by atoms with Crippen LogP contribution in [-0.4, -0.2) is 71.3 Å². The molecule has 0 aromatic rings. The predicted octanol–water partition coefficient (Wildman–Crippen LogP) is 1.77. The predicted molar refractivity (Wildman–Crippen MR) is 120 cm³/mol. The van der Waals surface area contributed by atoms with E-state index in [-0.39, 0.29) is 37.5 Å². The Hall–Kier alpha value is -2.98. The van der Waals surface area contributed by atoms with Gasteiger partial charge in [0.05, 0.1) is 12.0 Å². The molecule has 2 saturated carbocycles. The highest BCUT2D eigenvalue weighted by molar-refractivity contribution is 5.94. The molecule has 5 rings (SSSR count). The first-order chi connectivity index (χ1) is 17.8. The van der Waals surface area contributed by atoms with Gasteiger partial charge in [-0.25, -0.2) is 8.78 Å². The summed E-state index contributed by atoms with van der Waals surface area (Å²) in [7, 11) is 0. The number of carbonyl (C=O) groups excluding carboxylic acids is 4. The van der Waals surface area contributed by atoms with Gasteiger partial charge in [-0.3, -0.25) is 19.2 Å². The molecule has 5 aliphatic rings. The van der Waals surface area contributed by atoms with Crippen molar-refractivity contribution in [1.82, 2.24) is 20.9 Å². The molecule has 3 aliphatic heterocycles. The number of nitriles is 1. The molecule has 9 nitrogen and oxygen atoms in total. The van der Waals surface area contributed by atoms with Crippen LogP contribution in [0, 0.1) is 29.1 Å². The van der Waals surface area contributed by atoms with Gasteiger partial charge in [-0.05, 0) is 38.0 Å². The largest absolute Gasteiger partial charge is 0.471 e. The van der Waals surface area contributed by atoms with E-state index >= 15 is 0 Å². The number of alkyl halides is 5. The van der Waals surface area contributed by atoms with E-state index in [2.05, 4.69) is 10.6 Å². The molecule has 0 unspecified atom stereocenters. The maximum Gasteiger partial charge on any atom is 0.471 e. The SMILES string of the molecule is N#C[C@@H](C[C@@H]1CCNC1=O)NC(=O)[C@@H]1[C@@H]2CC[C@@H](CC2(F)F)N1C(=O)[C@H](CC1CCC1)NC(=O)C(F)(F)F. The van der Waals surface area contributed by atoms with Crippen LogP contribution in [0.1, 0.15) is 57.8 Å². The van der Waals surface area contributed by atoms with Crippen LogP contribution < -0.4 is 16.0 Å². The molecule has 210 valence electrons. The highest BCUT2D eigenvalue weighted by Gasteiger charge is 2.61. The standard InChI is InChI=1S/C24H30F5N5O4/c25-23(26)10-15-4-5-16(23)18(20(36)32-14(11-30)9-13-6-7-31-19(13)35)34(15)21(37)17(8-12-2-1-3-12)33-22(38)24(27,28)29/h12-18H,1-10H2,(H,31,35)(H,32,36)(H,33,38)/t13-,14+,15-,16-,17-,18-/m0/s1. The summed E-state index contributed by atoms with van der Waals surface area (Å²) in [5.74, 6) is -10.2. The normalized spacial score (nSPS) is 30.0. The first-order valence-electron chi connectivity index (χ1n) is 12.9. The monoisotopic (exact) mass is 547 g/mol. The Bertz CT molecular complexity index is 1010. The maximum atomic E-state index is 14.9. The summed E-state index contributed by atoms with van der Waals surface area (Å²) in [5.41, 5.74) is 0.